The monoisotopic (exact) mass is 355 g/mol. The second-order valence-electron chi connectivity index (χ2n) is 4.70. The van der Waals surface area contributed by atoms with E-state index in [2.05, 4.69) is 36.3 Å². The van der Waals surface area contributed by atoms with E-state index in [0.29, 0.717) is 18.3 Å². The van der Waals surface area contributed by atoms with Crippen LogP contribution in [0.25, 0.3) is 22.5 Å². The van der Waals surface area contributed by atoms with Crippen LogP contribution < -0.4 is 0 Å². The van der Waals surface area contributed by atoms with Gasteiger partial charge in [0.15, 0.2) is 5.58 Å². The minimum atomic E-state index is 0.339. The summed E-state index contributed by atoms with van der Waals surface area (Å²) in [5, 5.41) is 12.5. The summed E-state index contributed by atoms with van der Waals surface area (Å²) in [6.07, 6.45) is 0. The predicted molar refractivity (Wildman–Crippen MR) is 84.1 cm³/mol. The Balaban J connectivity index is 1.63. The fraction of sp³-hybridized carbons (Fsp3) is 0.0667. The molecule has 0 aliphatic carbocycles. The minimum absolute atomic E-state index is 0.339. The zero-order chi connectivity index (χ0) is 14.9. The number of hydrogen-bond donors (Lipinski definition) is 0. The van der Waals surface area contributed by atoms with E-state index in [1.165, 1.54) is 4.80 Å². The van der Waals surface area contributed by atoms with Crippen molar-refractivity contribution in [2.75, 3.05) is 0 Å². The van der Waals surface area contributed by atoms with Crippen LogP contribution in [0.4, 0.5) is 0 Å². The summed E-state index contributed by atoms with van der Waals surface area (Å²) < 4.78 is 6.59. The number of tetrazole rings is 1. The standard InChI is InChI=1S/C15H10BrN5O/c16-11-6-2-1-5-10(11)15-18-20-21(19-15)9-14-17-12-7-3-4-8-13(12)22-14/h1-8H,9H2. The maximum atomic E-state index is 5.66. The SMILES string of the molecule is Brc1ccccc1-c1nnn(Cc2nc3ccccc3o2)n1. The highest BCUT2D eigenvalue weighted by molar-refractivity contribution is 9.10. The quantitative estimate of drug-likeness (QED) is 0.563. The fourth-order valence-electron chi connectivity index (χ4n) is 2.17. The van der Waals surface area contributed by atoms with Crippen LogP contribution in [-0.2, 0) is 6.54 Å². The molecule has 4 aromatic rings. The smallest absolute Gasteiger partial charge is 0.219 e. The van der Waals surface area contributed by atoms with Gasteiger partial charge in [-0.05, 0) is 29.5 Å². The molecular formula is C15H10BrN5O. The zero-order valence-corrected chi connectivity index (χ0v) is 12.9. The van der Waals surface area contributed by atoms with Gasteiger partial charge in [0.25, 0.3) is 0 Å². The first-order chi connectivity index (χ1) is 10.8. The van der Waals surface area contributed by atoms with E-state index in [9.17, 15) is 0 Å². The Morgan fingerprint density at radius 2 is 1.86 bits per heavy atom. The summed E-state index contributed by atoms with van der Waals surface area (Å²) in [5.74, 6) is 1.11. The molecule has 0 amide bonds. The zero-order valence-electron chi connectivity index (χ0n) is 11.3. The molecule has 0 bridgehead atoms. The van der Waals surface area contributed by atoms with Crippen molar-refractivity contribution in [1.29, 1.82) is 0 Å². The van der Waals surface area contributed by atoms with Gasteiger partial charge in [-0.3, -0.25) is 0 Å². The highest BCUT2D eigenvalue weighted by atomic mass is 79.9. The third-order valence-electron chi connectivity index (χ3n) is 3.18. The summed E-state index contributed by atoms with van der Waals surface area (Å²) in [5.41, 5.74) is 2.47. The lowest BCUT2D eigenvalue weighted by Gasteiger charge is -1.97. The van der Waals surface area contributed by atoms with Crippen molar-refractivity contribution < 1.29 is 4.42 Å². The summed E-state index contributed by atoms with van der Waals surface area (Å²) >= 11 is 3.48. The molecule has 108 valence electrons. The number of nitrogens with zero attached hydrogens (tertiary/aromatic N) is 5. The Labute approximate surface area is 133 Å². The Bertz CT molecular complexity index is 913. The molecule has 2 aromatic heterocycles. The van der Waals surface area contributed by atoms with Crippen LogP contribution in [0.2, 0.25) is 0 Å². The molecule has 6 nitrogen and oxygen atoms in total. The van der Waals surface area contributed by atoms with Crippen LogP contribution in [-0.4, -0.2) is 25.2 Å². The second kappa shape index (κ2) is 5.34. The van der Waals surface area contributed by atoms with Gasteiger partial charge < -0.3 is 4.42 Å². The average Bonchev–Trinajstić information content (AvgIpc) is 3.14. The van der Waals surface area contributed by atoms with Gasteiger partial charge in [-0.2, -0.15) is 4.80 Å². The van der Waals surface area contributed by atoms with Gasteiger partial charge in [0.1, 0.15) is 12.1 Å². The minimum Gasteiger partial charge on any atom is -0.439 e. The molecule has 0 saturated carbocycles. The molecule has 0 aliphatic rings. The van der Waals surface area contributed by atoms with Gasteiger partial charge in [0.2, 0.25) is 11.7 Å². The first-order valence-electron chi connectivity index (χ1n) is 6.67. The predicted octanol–water partition coefficient (Wildman–Crippen LogP) is 3.29. The van der Waals surface area contributed by atoms with Crippen molar-refractivity contribution in [2.24, 2.45) is 0 Å². The van der Waals surface area contributed by atoms with E-state index in [4.69, 9.17) is 4.42 Å². The average molecular weight is 356 g/mol. The molecule has 2 heterocycles. The fourth-order valence-corrected chi connectivity index (χ4v) is 2.63. The van der Waals surface area contributed by atoms with Crippen LogP contribution in [0.1, 0.15) is 5.89 Å². The summed E-state index contributed by atoms with van der Waals surface area (Å²) in [4.78, 5) is 5.87. The normalized spacial score (nSPS) is 11.1. The number of benzene rings is 2. The Morgan fingerprint density at radius 3 is 2.73 bits per heavy atom. The largest absolute Gasteiger partial charge is 0.439 e. The Morgan fingerprint density at radius 1 is 1.05 bits per heavy atom. The maximum absolute atomic E-state index is 5.66. The van der Waals surface area contributed by atoms with Gasteiger partial charge in [-0.15, -0.1) is 10.2 Å². The van der Waals surface area contributed by atoms with Crippen LogP contribution in [0.5, 0.6) is 0 Å². The van der Waals surface area contributed by atoms with E-state index in [0.717, 1.165) is 21.1 Å². The van der Waals surface area contributed by atoms with Crippen LogP contribution >= 0.6 is 15.9 Å². The number of fused-ring (bicyclic) bond motifs is 1. The molecule has 22 heavy (non-hydrogen) atoms. The molecule has 0 unspecified atom stereocenters. The molecule has 0 aliphatic heterocycles. The Hall–Kier alpha value is -2.54. The molecule has 0 spiro atoms. The molecule has 0 atom stereocenters. The van der Waals surface area contributed by atoms with Gasteiger partial charge in [-0.25, -0.2) is 4.98 Å². The highest BCUT2D eigenvalue weighted by Gasteiger charge is 2.11. The van der Waals surface area contributed by atoms with Crippen molar-refractivity contribution in [3.63, 3.8) is 0 Å². The van der Waals surface area contributed by atoms with E-state index < -0.39 is 0 Å². The highest BCUT2D eigenvalue weighted by Crippen LogP contribution is 2.24. The number of aromatic nitrogens is 5. The molecule has 7 heteroatoms. The van der Waals surface area contributed by atoms with Crippen molar-refractivity contribution in [1.82, 2.24) is 25.2 Å². The van der Waals surface area contributed by atoms with Crippen LogP contribution in [0, 0.1) is 0 Å². The third-order valence-corrected chi connectivity index (χ3v) is 3.87. The molecule has 0 fully saturated rings. The van der Waals surface area contributed by atoms with E-state index in [1.54, 1.807) is 0 Å². The lowest BCUT2D eigenvalue weighted by molar-refractivity contribution is 0.459. The first kappa shape index (κ1) is 13.1. The second-order valence-corrected chi connectivity index (χ2v) is 5.55. The van der Waals surface area contributed by atoms with Crippen molar-refractivity contribution in [3.05, 3.63) is 58.9 Å². The van der Waals surface area contributed by atoms with E-state index >= 15 is 0 Å². The van der Waals surface area contributed by atoms with Gasteiger partial charge in [0, 0.05) is 10.0 Å². The molecular weight excluding hydrogens is 346 g/mol. The van der Waals surface area contributed by atoms with E-state index in [1.807, 2.05) is 48.5 Å². The number of halogens is 1. The Kier molecular flexibility index (Phi) is 3.19. The van der Waals surface area contributed by atoms with Gasteiger partial charge in [-0.1, -0.05) is 40.2 Å². The van der Waals surface area contributed by atoms with E-state index in [-0.39, 0.29) is 0 Å². The number of hydrogen-bond acceptors (Lipinski definition) is 5. The van der Waals surface area contributed by atoms with Crippen molar-refractivity contribution in [3.8, 4) is 11.4 Å². The number of para-hydroxylation sites is 2. The third kappa shape index (κ3) is 2.39. The first-order valence-corrected chi connectivity index (χ1v) is 7.46. The van der Waals surface area contributed by atoms with Crippen molar-refractivity contribution >= 4 is 27.0 Å². The van der Waals surface area contributed by atoms with Crippen molar-refractivity contribution in [2.45, 2.75) is 6.54 Å². The van der Waals surface area contributed by atoms with Gasteiger partial charge in [0.05, 0.1) is 0 Å². The lowest BCUT2D eigenvalue weighted by atomic mass is 10.2. The summed E-state index contributed by atoms with van der Waals surface area (Å²) in [7, 11) is 0. The summed E-state index contributed by atoms with van der Waals surface area (Å²) in [6, 6.07) is 15.4. The molecule has 2 aromatic carbocycles. The summed E-state index contributed by atoms with van der Waals surface area (Å²) in [6.45, 7) is 0.339. The molecule has 4 rings (SSSR count). The topological polar surface area (TPSA) is 69.6 Å². The molecule has 0 saturated heterocycles. The van der Waals surface area contributed by atoms with Crippen LogP contribution in [0.15, 0.2) is 57.4 Å². The molecule has 0 N–H and O–H groups in total. The lowest BCUT2D eigenvalue weighted by Crippen LogP contribution is -2.04. The molecule has 0 radical (unpaired) electrons. The van der Waals surface area contributed by atoms with Gasteiger partial charge >= 0.3 is 0 Å². The number of oxazole rings is 1. The van der Waals surface area contributed by atoms with Crippen LogP contribution in [0.3, 0.4) is 0 Å². The maximum Gasteiger partial charge on any atom is 0.219 e. The number of rotatable bonds is 3.